The van der Waals surface area contributed by atoms with Gasteiger partial charge in [0.2, 0.25) is 0 Å². The van der Waals surface area contributed by atoms with E-state index in [0.29, 0.717) is 0 Å². The molecule has 2 nitrogen and oxygen atoms in total. The predicted molar refractivity (Wildman–Crippen MR) is 64.2 cm³/mol. The summed E-state index contributed by atoms with van der Waals surface area (Å²) in [5.41, 5.74) is 4.00. The maximum absolute atomic E-state index is 4.51. The molecule has 1 aliphatic heterocycles. The third kappa shape index (κ3) is 1.08. The lowest BCUT2D eigenvalue weighted by molar-refractivity contribution is 0.745. The van der Waals surface area contributed by atoms with Crippen molar-refractivity contribution in [1.82, 2.24) is 4.57 Å². The molecule has 2 aromatic rings. The van der Waals surface area contributed by atoms with Crippen molar-refractivity contribution < 1.29 is 0 Å². The van der Waals surface area contributed by atoms with E-state index in [-0.39, 0.29) is 0 Å². The van der Waals surface area contributed by atoms with Crippen LogP contribution in [-0.2, 0) is 6.54 Å². The predicted octanol–water partition coefficient (Wildman–Crippen LogP) is 3.36. The molecular weight excluding hydrogens is 184 g/mol. The second kappa shape index (κ2) is 2.96. The van der Waals surface area contributed by atoms with Crippen LogP contribution < -0.4 is 0 Å². The minimum Gasteiger partial charge on any atom is -0.325 e. The Morgan fingerprint density at radius 3 is 3.00 bits per heavy atom. The molecule has 3 rings (SSSR count). The first-order valence-electron chi connectivity index (χ1n) is 5.40. The maximum Gasteiger partial charge on any atom is 0.136 e. The number of hydrogen-bond donors (Lipinski definition) is 0. The number of aryl methyl sites for hydroxylation is 3. The molecule has 0 N–H and O–H groups in total. The van der Waals surface area contributed by atoms with Gasteiger partial charge in [-0.1, -0.05) is 12.1 Å². The Morgan fingerprint density at radius 2 is 2.13 bits per heavy atom. The van der Waals surface area contributed by atoms with Crippen LogP contribution in [0.1, 0.15) is 17.5 Å². The summed E-state index contributed by atoms with van der Waals surface area (Å²) < 4.78 is 2.33. The Morgan fingerprint density at radius 1 is 1.27 bits per heavy atom. The molecule has 0 atom stereocenters. The maximum atomic E-state index is 4.51. The lowest BCUT2D eigenvalue weighted by Gasteiger charge is -2.10. The summed E-state index contributed by atoms with van der Waals surface area (Å²) in [6.07, 6.45) is 3.07. The topological polar surface area (TPSA) is 17.3 Å². The first-order valence-corrected chi connectivity index (χ1v) is 5.40. The van der Waals surface area contributed by atoms with Crippen LogP contribution in [0.2, 0.25) is 0 Å². The molecule has 2 heterocycles. The molecule has 1 aliphatic rings. The molecule has 2 heteroatoms. The van der Waals surface area contributed by atoms with Gasteiger partial charge in [0.05, 0.1) is 5.52 Å². The van der Waals surface area contributed by atoms with Crippen molar-refractivity contribution >= 4 is 22.9 Å². The van der Waals surface area contributed by atoms with E-state index in [9.17, 15) is 0 Å². The molecule has 0 saturated carbocycles. The van der Waals surface area contributed by atoms with Gasteiger partial charge in [0.15, 0.2) is 0 Å². The van der Waals surface area contributed by atoms with Gasteiger partial charge in [0.1, 0.15) is 5.82 Å². The molecule has 1 aromatic carbocycles. The van der Waals surface area contributed by atoms with Crippen LogP contribution in [0.5, 0.6) is 0 Å². The van der Waals surface area contributed by atoms with E-state index in [1.165, 1.54) is 22.0 Å². The van der Waals surface area contributed by atoms with Crippen molar-refractivity contribution in [3.63, 3.8) is 0 Å². The monoisotopic (exact) mass is 198 g/mol. The second-order valence-electron chi connectivity index (χ2n) is 4.17. The molecule has 1 aromatic heterocycles. The van der Waals surface area contributed by atoms with Crippen molar-refractivity contribution in [2.45, 2.75) is 26.8 Å². The summed E-state index contributed by atoms with van der Waals surface area (Å²) in [4.78, 5) is 4.51. The first-order chi connectivity index (χ1) is 7.29. The highest BCUT2D eigenvalue weighted by Crippen LogP contribution is 2.34. The summed E-state index contributed by atoms with van der Waals surface area (Å²) in [5.74, 6) is 1.14. The van der Waals surface area contributed by atoms with Gasteiger partial charge in [0, 0.05) is 30.1 Å². The van der Waals surface area contributed by atoms with Crippen LogP contribution >= 0.6 is 0 Å². The van der Waals surface area contributed by atoms with Crippen LogP contribution in [-0.4, -0.2) is 10.8 Å². The van der Waals surface area contributed by atoms with Crippen LogP contribution in [0.3, 0.4) is 0 Å². The van der Waals surface area contributed by atoms with E-state index in [2.05, 4.69) is 41.6 Å². The Kier molecular flexibility index (Phi) is 1.72. The van der Waals surface area contributed by atoms with Gasteiger partial charge in [0.25, 0.3) is 0 Å². The number of aromatic nitrogens is 1. The Balaban J connectivity index is 2.50. The zero-order valence-corrected chi connectivity index (χ0v) is 9.12. The number of hydrogen-bond acceptors (Lipinski definition) is 1. The van der Waals surface area contributed by atoms with Crippen LogP contribution in [0.25, 0.3) is 10.9 Å². The van der Waals surface area contributed by atoms with E-state index < -0.39 is 0 Å². The van der Waals surface area contributed by atoms with Crippen molar-refractivity contribution in [2.75, 3.05) is 0 Å². The van der Waals surface area contributed by atoms with Gasteiger partial charge >= 0.3 is 0 Å². The number of benzene rings is 1. The number of rotatable bonds is 0. The number of fused-ring (bicyclic) bond motifs is 3. The van der Waals surface area contributed by atoms with Crippen LogP contribution in [0.15, 0.2) is 23.2 Å². The van der Waals surface area contributed by atoms with E-state index >= 15 is 0 Å². The van der Waals surface area contributed by atoms with Gasteiger partial charge in [-0.2, -0.15) is 0 Å². The Labute approximate surface area is 89.2 Å². The summed E-state index contributed by atoms with van der Waals surface area (Å²) >= 11 is 0. The lowest BCUT2D eigenvalue weighted by Crippen LogP contribution is -2.02. The Hall–Kier alpha value is -1.57. The fraction of sp³-hybridized carbons (Fsp3) is 0.308. The molecule has 15 heavy (non-hydrogen) atoms. The normalized spacial score (nSPS) is 14.5. The molecule has 76 valence electrons. The van der Waals surface area contributed by atoms with E-state index in [0.717, 1.165) is 18.8 Å². The second-order valence-corrected chi connectivity index (χ2v) is 4.17. The molecule has 0 saturated heterocycles. The largest absolute Gasteiger partial charge is 0.325 e. The summed E-state index contributed by atoms with van der Waals surface area (Å²) in [5, 5.41) is 1.38. The van der Waals surface area contributed by atoms with Crippen LogP contribution in [0, 0.1) is 13.8 Å². The van der Waals surface area contributed by atoms with Crippen LogP contribution in [0.4, 0.5) is 5.82 Å². The molecule has 0 aliphatic carbocycles. The molecule has 0 bridgehead atoms. The molecule has 0 fully saturated rings. The number of aliphatic imine (C=N–C) groups is 1. The quantitative estimate of drug-likeness (QED) is 0.617. The highest BCUT2D eigenvalue weighted by Gasteiger charge is 2.15. The summed E-state index contributed by atoms with van der Waals surface area (Å²) in [7, 11) is 0. The minimum absolute atomic E-state index is 1.05. The van der Waals surface area contributed by atoms with Gasteiger partial charge in [-0.05, 0) is 25.5 Å². The summed E-state index contributed by atoms with van der Waals surface area (Å²) in [6.45, 7) is 5.40. The average molecular weight is 198 g/mol. The SMILES string of the molecule is Cc1cccc2c1c(C)c1n2CCC=N1. The van der Waals surface area contributed by atoms with Gasteiger partial charge < -0.3 is 4.57 Å². The van der Waals surface area contributed by atoms with Gasteiger partial charge in [-0.15, -0.1) is 0 Å². The van der Waals surface area contributed by atoms with E-state index in [4.69, 9.17) is 0 Å². The summed E-state index contributed by atoms with van der Waals surface area (Å²) in [6, 6.07) is 6.49. The van der Waals surface area contributed by atoms with Gasteiger partial charge in [-0.3, -0.25) is 0 Å². The molecule has 0 spiro atoms. The fourth-order valence-electron chi connectivity index (χ4n) is 2.52. The van der Waals surface area contributed by atoms with Crippen molar-refractivity contribution in [1.29, 1.82) is 0 Å². The minimum atomic E-state index is 1.05. The zero-order chi connectivity index (χ0) is 10.4. The highest BCUT2D eigenvalue weighted by atomic mass is 15.1. The van der Waals surface area contributed by atoms with Crippen molar-refractivity contribution in [2.24, 2.45) is 4.99 Å². The molecule has 0 radical (unpaired) electrons. The lowest BCUT2D eigenvalue weighted by atomic mass is 10.1. The van der Waals surface area contributed by atoms with E-state index in [1.54, 1.807) is 0 Å². The third-order valence-electron chi connectivity index (χ3n) is 3.20. The number of nitrogens with zero attached hydrogens (tertiary/aromatic N) is 2. The third-order valence-corrected chi connectivity index (χ3v) is 3.20. The van der Waals surface area contributed by atoms with Crippen molar-refractivity contribution in [3.05, 3.63) is 29.3 Å². The zero-order valence-electron chi connectivity index (χ0n) is 9.12. The standard InChI is InChI=1S/C13H14N2/c1-9-5-3-6-11-12(9)10(2)13-14-7-4-8-15(11)13/h3,5-7H,4,8H2,1-2H3. The molecule has 0 unspecified atom stereocenters. The Bertz CT molecular complexity index is 561. The smallest absolute Gasteiger partial charge is 0.136 e. The fourth-order valence-corrected chi connectivity index (χ4v) is 2.52. The van der Waals surface area contributed by atoms with Gasteiger partial charge in [-0.25, -0.2) is 4.99 Å². The average Bonchev–Trinajstić information content (AvgIpc) is 2.55. The highest BCUT2D eigenvalue weighted by molar-refractivity contribution is 5.92. The molecule has 0 amide bonds. The van der Waals surface area contributed by atoms with E-state index in [1.807, 2.05) is 6.21 Å². The first kappa shape index (κ1) is 8.72. The van der Waals surface area contributed by atoms with Crippen molar-refractivity contribution in [3.8, 4) is 0 Å². The molecular formula is C13H14N2.